The highest BCUT2D eigenvalue weighted by atomic mass is 127. The highest BCUT2D eigenvalue weighted by Crippen LogP contribution is 2.32. The zero-order chi connectivity index (χ0) is 17.8. The molecule has 2 fully saturated rings. The average molecular weight is 480 g/mol. The SMILES string of the molecule is CCN=C(NC1CCN(c2ccccc2OC(F)F)C1)NC1CC1C.I. The number of ether oxygens (including phenoxy) is 1. The average Bonchev–Trinajstić information content (AvgIpc) is 3.06. The number of hydrogen-bond donors (Lipinski definition) is 2. The molecule has 0 amide bonds. The van der Waals surface area contributed by atoms with E-state index >= 15 is 0 Å². The molecule has 2 N–H and O–H groups in total. The lowest BCUT2D eigenvalue weighted by atomic mass is 10.2. The summed E-state index contributed by atoms with van der Waals surface area (Å²) < 4.78 is 29.9. The van der Waals surface area contributed by atoms with Gasteiger partial charge in [0.15, 0.2) is 5.96 Å². The van der Waals surface area contributed by atoms with Crippen molar-refractivity contribution in [1.29, 1.82) is 0 Å². The molecule has 3 rings (SSSR count). The predicted molar refractivity (Wildman–Crippen MR) is 111 cm³/mol. The van der Waals surface area contributed by atoms with Gasteiger partial charge in [-0.2, -0.15) is 8.78 Å². The Morgan fingerprint density at radius 2 is 2.08 bits per heavy atom. The number of aliphatic imine (C=N–C) groups is 1. The van der Waals surface area contributed by atoms with Crippen LogP contribution in [0.5, 0.6) is 5.75 Å². The Bertz CT molecular complexity index is 617. The zero-order valence-electron chi connectivity index (χ0n) is 15.1. The second kappa shape index (κ2) is 9.57. The van der Waals surface area contributed by atoms with Crippen LogP contribution < -0.4 is 20.3 Å². The Balaban J connectivity index is 0.00000243. The van der Waals surface area contributed by atoms with Crippen molar-refractivity contribution in [3.8, 4) is 5.75 Å². The van der Waals surface area contributed by atoms with Crippen molar-refractivity contribution >= 4 is 35.6 Å². The van der Waals surface area contributed by atoms with Gasteiger partial charge in [-0.15, -0.1) is 24.0 Å². The highest BCUT2D eigenvalue weighted by Gasteiger charge is 2.34. The van der Waals surface area contributed by atoms with Crippen molar-refractivity contribution < 1.29 is 13.5 Å². The summed E-state index contributed by atoms with van der Waals surface area (Å²) in [6.07, 6.45) is 2.10. The lowest BCUT2D eigenvalue weighted by Gasteiger charge is -2.22. The zero-order valence-corrected chi connectivity index (χ0v) is 17.5. The largest absolute Gasteiger partial charge is 0.433 e. The summed E-state index contributed by atoms with van der Waals surface area (Å²) >= 11 is 0. The standard InChI is InChI=1S/C18H26F2N4O.HI/c1-3-21-18(23-14-10-12(14)2)22-13-8-9-24(11-13)15-6-4-5-7-16(15)25-17(19)20;/h4-7,12-14,17H,3,8-11H2,1-2H3,(H2,21,22,23);1H. The minimum Gasteiger partial charge on any atom is -0.433 e. The van der Waals surface area contributed by atoms with Crippen molar-refractivity contribution in [2.24, 2.45) is 10.9 Å². The van der Waals surface area contributed by atoms with E-state index in [1.807, 2.05) is 19.1 Å². The van der Waals surface area contributed by atoms with Crippen LogP contribution in [-0.2, 0) is 0 Å². The summed E-state index contributed by atoms with van der Waals surface area (Å²) in [5.74, 6) is 1.77. The van der Waals surface area contributed by atoms with E-state index in [0.717, 1.165) is 32.0 Å². The van der Waals surface area contributed by atoms with Gasteiger partial charge in [0.1, 0.15) is 5.75 Å². The molecule has 1 aliphatic carbocycles. The Morgan fingerprint density at radius 1 is 1.35 bits per heavy atom. The minimum atomic E-state index is -2.81. The van der Waals surface area contributed by atoms with Gasteiger partial charge in [-0.3, -0.25) is 4.99 Å². The van der Waals surface area contributed by atoms with E-state index in [0.29, 0.717) is 17.6 Å². The van der Waals surface area contributed by atoms with Gasteiger partial charge in [0, 0.05) is 31.7 Å². The van der Waals surface area contributed by atoms with Crippen LogP contribution in [0.15, 0.2) is 29.3 Å². The summed E-state index contributed by atoms with van der Waals surface area (Å²) in [5, 5.41) is 6.93. The maximum atomic E-state index is 12.6. The van der Waals surface area contributed by atoms with E-state index in [-0.39, 0.29) is 35.8 Å². The first-order chi connectivity index (χ1) is 12.1. The smallest absolute Gasteiger partial charge is 0.387 e. The van der Waals surface area contributed by atoms with Crippen molar-refractivity contribution in [1.82, 2.24) is 10.6 Å². The highest BCUT2D eigenvalue weighted by molar-refractivity contribution is 14.0. The Morgan fingerprint density at radius 3 is 2.73 bits per heavy atom. The molecule has 3 unspecified atom stereocenters. The molecular weight excluding hydrogens is 453 g/mol. The Hall–Kier alpha value is -1.32. The fourth-order valence-corrected chi connectivity index (χ4v) is 3.19. The van der Waals surface area contributed by atoms with Crippen LogP contribution >= 0.6 is 24.0 Å². The maximum Gasteiger partial charge on any atom is 0.387 e. The van der Waals surface area contributed by atoms with E-state index in [4.69, 9.17) is 0 Å². The first kappa shape index (κ1) is 21.0. The number of benzene rings is 1. The fourth-order valence-electron chi connectivity index (χ4n) is 3.19. The molecule has 146 valence electrons. The molecule has 1 heterocycles. The fraction of sp³-hybridized carbons (Fsp3) is 0.611. The Labute approximate surface area is 170 Å². The van der Waals surface area contributed by atoms with Gasteiger partial charge in [0.25, 0.3) is 0 Å². The van der Waals surface area contributed by atoms with E-state index in [1.54, 1.807) is 12.1 Å². The van der Waals surface area contributed by atoms with Crippen LogP contribution in [0.3, 0.4) is 0 Å². The topological polar surface area (TPSA) is 48.9 Å². The lowest BCUT2D eigenvalue weighted by molar-refractivity contribution is -0.0495. The van der Waals surface area contributed by atoms with Crippen LogP contribution in [-0.4, -0.2) is 44.3 Å². The van der Waals surface area contributed by atoms with Gasteiger partial charge < -0.3 is 20.3 Å². The van der Waals surface area contributed by atoms with Gasteiger partial charge in [0.05, 0.1) is 5.69 Å². The van der Waals surface area contributed by atoms with Crippen LogP contribution in [0.2, 0.25) is 0 Å². The van der Waals surface area contributed by atoms with Crippen LogP contribution in [0.25, 0.3) is 0 Å². The molecule has 1 saturated heterocycles. The summed E-state index contributed by atoms with van der Waals surface area (Å²) in [6.45, 7) is 3.66. The number of alkyl halides is 2. The van der Waals surface area contributed by atoms with Crippen molar-refractivity contribution in [2.75, 3.05) is 24.5 Å². The molecular formula is C18H27F2IN4O. The molecule has 0 aromatic heterocycles. The third kappa shape index (κ3) is 5.59. The molecule has 0 bridgehead atoms. The summed E-state index contributed by atoms with van der Waals surface area (Å²) in [7, 11) is 0. The van der Waals surface area contributed by atoms with Gasteiger partial charge in [-0.1, -0.05) is 19.1 Å². The molecule has 1 aliphatic heterocycles. The lowest BCUT2D eigenvalue weighted by Crippen LogP contribution is -2.45. The third-order valence-electron chi connectivity index (χ3n) is 4.70. The van der Waals surface area contributed by atoms with Crippen LogP contribution in [0.4, 0.5) is 14.5 Å². The Kier molecular flexibility index (Phi) is 7.72. The molecule has 3 atom stereocenters. The van der Waals surface area contributed by atoms with Crippen LogP contribution in [0, 0.1) is 5.92 Å². The first-order valence-electron chi connectivity index (χ1n) is 8.93. The molecule has 8 heteroatoms. The number of hydrogen-bond acceptors (Lipinski definition) is 3. The quantitative estimate of drug-likeness (QED) is 0.372. The first-order valence-corrected chi connectivity index (χ1v) is 8.93. The van der Waals surface area contributed by atoms with E-state index < -0.39 is 6.61 Å². The van der Waals surface area contributed by atoms with E-state index in [2.05, 4.69) is 32.2 Å². The van der Waals surface area contributed by atoms with E-state index in [1.165, 1.54) is 6.42 Å². The molecule has 1 aromatic rings. The molecule has 2 aliphatic rings. The number of anilines is 1. The second-order valence-corrected chi connectivity index (χ2v) is 6.71. The number of rotatable bonds is 6. The molecule has 1 aromatic carbocycles. The second-order valence-electron chi connectivity index (χ2n) is 6.71. The summed E-state index contributed by atoms with van der Waals surface area (Å²) in [4.78, 5) is 6.59. The third-order valence-corrected chi connectivity index (χ3v) is 4.70. The van der Waals surface area contributed by atoms with Crippen molar-refractivity contribution in [2.45, 2.75) is 45.4 Å². The molecule has 0 radical (unpaired) electrons. The van der Waals surface area contributed by atoms with Gasteiger partial charge >= 0.3 is 6.61 Å². The van der Waals surface area contributed by atoms with Gasteiger partial charge in [-0.25, -0.2) is 0 Å². The predicted octanol–water partition coefficient (Wildman–Crippen LogP) is 3.45. The molecule has 26 heavy (non-hydrogen) atoms. The normalized spacial score (nSPS) is 25.0. The minimum absolute atomic E-state index is 0. The summed E-state index contributed by atoms with van der Waals surface area (Å²) in [6, 6.07) is 7.70. The number of nitrogens with zero attached hydrogens (tertiary/aromatic N) is 2. The molecule has 0 spiro atoms. The number of guanidine groups is 1. The number of nitrogens with one attached hydrogen (secondary N) is 2. The van der Waals surface area contributed by atoms with Gasteiger partial charge in [0.2, 0.25) is 0 Å². The van der Waals surface area contributed by atoms with Crippen molar-refractivity contribution in [3.05, 3.63) is 24.3 Å². The monoisotopic (exact) mass is 480 g/mol. The van der Waals surface area contributed by atoms with Gasteiger partial charge in [-0.05, 0) is 37.8 Å². The number of para-hydroxylation sites is 2. The van der Waals surface area contributed by atoms with E-state index in [9.17, 15) is 8.78 Å². The van der Waals surface area contributed by atoms with Crippen molar-refractivity contribution in [3.63, 3.8) is 0 Å². The maximum absolute atomic E-state index is 12.6. The summed E-state index contributed by atoms with van der Waals surface area (Å²) in [5.41, 5.74) is 0.713. The molecule has 1 saturated carbocycles. The molecule has 5 nitrogen and oxygen atoms in total. The number of halogens is 3. The van der Waals surface area contributed by atoms with Crippen LogP contribution in [0.1, 0.15) is 26.7 Å².